The van der Waals surface area contributed by atoms with E-state index in [-0.39, 0.29) is 5.82 Å². The average Bonchev–Trinajstić information content (AvgIpc) is 2.29. The SMILES string of the molecule is [N-]=[N+]=NCCC=Cc1ccc([N+](=O)[O-])nc1. The van der Waals surface area contributed by atoms with Gasteiger partial charge in [-0.3, -0.25) is 0 Å². The van der Waals surface area contributed by atoms with Crippen LogP contribution in [0.25, 0.3) is 16.5 Å². The van der Waals surface area contributed by atoms with Gasteiger partial charge in [0.25, 0.3) is 0 Å². The number of pyridine rings is 1. The fraction of sp³-hybridized carbons (Fsp3) is 0.222. The predicted molar refractivity (Wildman–Crippen MR) is 58.6 cm³/mol. The molecule has 16 heavy (non-hydrogen) atoms. The van der Waals surface area contributed by atoms with Crippen molar-refractivity contribution in [3.05, 3.63) is 50.5 Å². The largest absolute Gasteiger partial charge is 0.363 e. The fourth-order valence-electron chi connectivity index (χ4n) is 1.00. The topological polar surface area (TPSA) is 105 Å². The zero-order chi connectivity index (χ0) is 11.8. The van der Waals surface area contributed by atoms with Crippen LogP contribution in [0.4, 0.5) is 5.82 Å². The van der Waals surface area contributed by atoms with Crippen LogP contribution in [0, 0.1) is 10.1 Å². The number of rotatable bonds is 5. The van der Waals surface area contributed by atoms with Gasteiger partial charge in [0.2, 0.25) is 0 Å². The van der Waals surface area contributed by atoms with Crippen molar-refractivity contribution >= 4 is 11.9 Å². The minimum absolute atomic E-state index is 0.175. The molecule has 0 saturated heterocycles. The summed E-state index contributed by atoms with van der Waals surface area (Å²) in [5, 5.41) is 13.7. The summed E-state index contributed by atoms with van der Waals surface area (Å²) in [7, 11) is 0. The van der Waals surface area contributed by atoms with Crippen LogP contribution < -0.4 is 0 Å². The highest BCUT2D eigenvalue weighted by Gasteiger charge is 2.03. The maximum Gasteiger partial charge on any atom is 0.363 e. The molecule has 0 atom stereocenters. The third-order valence-electron chi connectivity index (χ3n) is 1.73. The van der Waals surface area contributed by atoms with Crippen LogP contribution in [0.15, 0.2) is 29.5 Å². The first kappa shape index (κ1) is 11.7. The van der Waals surface area contributed by atoms with Crippen molar-refractivity contribution in [1.29, 1.82) is 0 Å². The van der Waals surface area contributed by atoms with Crippen LogP contribution in [0.3, 0.4) is 0 Å². The standard InChI is InChI=1S/C9H9N5O2/c10-13-12-6-2-1-3-8-4-5-9(11-7-8)14(15)16/h1,3-5,7H,2,6H2. The maximum absolute atomic E-state index is 10.3. The van der Waals surface area contributed by atoms with Crippen LogP contribution in [0.5, 0.6) is 0 Å². The fourth-order valence-corrected chi connectivity index (χ4v) is 1.00. The van der Waals surface area contributed by atoms with E-state index in [2.05, 4.69) is 15.0 Å². The number of hydrogen-bond acceptors (Lipinski definition) is 4. The first-order chi connectivity index (χ1) is 7.74. The molecule has 0 bridgehead atoms. The molecule has 0 aliphatic rings. The van der Waals surface area contributed by atoms with E-state index in [1.54, 1.807) is 12.1 Å². The van der Waals surface area contributed by atoms with Crippen LogP contribution in [0.2, 0.25) is 0 Å². The summed E-state index contributed by atoms with van der Waals surface area (Å²) in [6, 6.07) is 2.95. The van der Waals surface area contributed by atoms with Crippen molar-refractivity contribution in [2.75, 3.05) is 6.54 Å². The lowest BCUT2D eigenvalue weighted by molar-refractivity contribution is -0.389. The molecule has 1 rings (SSSR count). The Morgan fingerprint density at radius 2 is 2.44 bits per heavy atom. The molecule has 0 saturated carbocycles. The van der Waals surface area contributed by atoms with Crippen molar-refractivity contribution in [3.63, 3.8) is 0 Å². The van der Waals surface area contributed by atoms with Gasteiger partial charge >= 0.3 is 5.82 Å². The molecule has 1 heterocycles. The van der Waals surface area contributed by atoms with Crippen LogP contribution >= 0.6 is 0 Å². The number of aromatic nitrogens is 1. The molecule has 1 aromatic heterocycles. The molecule has 0 spiro atoms. The van der Waals surface area contributed by atoms with Gasteiger partial charge in [-0.1, -0.05) is 17.3 Å². The molecule has 1 aromatic rings. The predicted octanol–water partition coefficient (Wildman–Crippen LogP) is 2.70. The van der Waals surface area contributed by atoms with Gasteiger partial charge in [-0.25, -0.2) is 0 Å². The van der Waals surface area contributed by atoms with E-state index in [9.17, 15) is 10.1 Å². The summed E-state index contributed by atoms with van der Waals surface area (Å²) in [5.74, 6) is -0.175. The van der Waals surface area contributed by atoms with Gasteiger partial charge in [-0.2, -0.15) is 0 Å². The third-order valence-corrected chi connectivity index (χ3v) is 1.73. The Hall–Kier alpha value is -2.40. The zero-order valence-corrected chi connectivity index (χ0v) is 8.35. The Morgan fingerprint density at radius 3 is 3.00 bits per heavy atom. The van der Waals surface area contributed by atoms with E-state index in [4.69, 9.17) is 5.53 Å². The highest BCUT2D eigenvalue weighted by atomic mass is 16.6. The Kier molecular flexibility index (Phi) is 4.49. The monoisotopic (exact) mass is 219 g/mol. The minimum atomic E-state index is -0.547. The maximum atomic E-state index is 10.3. The van der Waals surface area contributed by atoms with E-state index >= 15 is 0 Å². The van der Waals surface area contributed by atoms with Crippen LogP contribution in [-0.4, -0.2) is 16.5 Å². The van der Waals surface area contributed by atoms with E-state index in [1.165, 1.54) is 12.3 Å². The second-order valence-electron chi connectivity index (χ2n) is 2.85. The summed E-state index contributed by atoms with van der Waals surface area (Å²) >= 11 is 0. The lowest BCUT2D eigenvalue weighted by atomic mass is 10.2. The average molecular weight is 219 g/mol. The van der Waals surface area contributed by atoms with Gasteiger partial charge in [-0.05, 0) is 27.9 Å². The van der Waals surface area contributed by atoms with Gasteiger partial charge in [0.15, 0.2) is 0 Å². The van der Waals surface area contributed by atoms with Gasteiger partial charge < -0.3 is 10.1 Å². The Bertz CT molecular complexity index is 434. The molecular formula is C9H9N5O2. The zero-order valence-electron chi connectivity index (χ0n) is 8.35. The van der Waals surface area contributed by atoms with Gasteiger partial charge in [0, 0.05) is 23.1 Å². The Balaban J connectivity index is 2.54. The minimum Gasteiger partial charge on any atom is -0.358 e. The van der Waals surface area contributed by atoms with Gasteiger partial charge in [-0.15, -0.1) is 0 Å². The second-order valence-corrected chi connectivity index (χ2v) is 2.85. The molecule has 7 heteroatoms. The van der Waals surface area contributed by atoms with Gasteiger partial charge in [0.1, 0.15) is 6.20 Å². The van der Waals surface area contributed by atoms with Crippen molar-refractivity contribution in [2.24, 2.45) is 5.11 Å². The Labute approximate surface area is 91.2 Å². The summed E-state index contributed by atoms with van der Waals surface area (Å²) in [6.07, 6.45) is 5.63. The molecule has 0 radical (unpaired) electrons. The van der Waals surface area contributed by atoms with E-state index in [0.717, 1.165) is 5.56 Å². The second kappa shape index (κ2) is 6.15. The molecule has 0 aliphatic heterocycles. The van der Waals surface area contributed by atoms with E-state index in [1.807, 2.05) is 6.08 Å². The molecule has 82 valence electrons. The highest BCUT2D eigenvalue weighted by molar-refractivity contribution is 5.48. The van der Waals surface area contributed by atoms with E-state index in [0.29, 0.717) is 13.0 Å². The molecule has 0 aliphatic carbocycles. The van der Waals surface area contributed by atoms with Crippen molar-refractivity contribution in [3.8, 4) is 0 Å². The summed E-state index contributed by atoms with van der Waals surface area (Å²) < 4.78 is 0. The quantitative estimate of drug-likeness (QED) is 0.190. The first-order valence-electron chi connectivity index (χ1n) is 4.52. The lowest BCUT2D eigenvalue weighted by Crippen LogP contribution is -1.90. The van der Waals surface area contributed by atoms with E-state index < -0.39 is 4.92 Å². The Morgan fingerprint density at radius 1 is 1.62 bits per heavy atom. The lowest BCUT2D eigenvalue weighted by Gasteiger charge is -1.91. The van der Waals surface area contributed by atoms with Gasteiger partial charge in [0.05, 0.1) is 0 Å². The van der Waals surface area contributed by atoms with Crippen LogP contribution in [-0.2, 0) is 0 Å². The smallest absolute Gasteiger partial charge is 0.358 e. The summed E-state index contributed by atoms with van der Waals surface area (Å²) in [5.41, 5.74) is 8.80. The molecule has 0 amide bonds. The van der Waals surface area contributed by atoms with Crippen molar-refractivity contribution in [2.45, 2.75) is 6.42 Å². The number of nitro groups is 1. The van der Waals surface area contributed by atoms with Crippen molar-refractivity contribution < 1.29 is 4.92 Å². The third kappa shape index (κ3) is 3.77. The molecule has 0 aromatic carbocycles. The number of nitrogens with zero attached hydrogens (tertiary/aromatic N) is 5. The number of azide groups is 1. The summed E-state index contributed by atoms with van der Waals surface area (Å²) in [4.78, 5) is 16.1. The molecule has 0 N–H and O–H groups in total. The molecule has 0 fully saturated rings. The van der Waals surface area contributed by atoms with Crippen LogP contribution in [0.1, 0.15) is 12.0 Å². The number of hydrogen-bond donors (Lipinski definition) is 0. The van der Waals surface area contributed by atoms with Crippen molar-refractivity contribution in [1.82, 2.24) is 4.98 Å². The first-order valence-corrected chi connectivity index (χ1v) is 4.52. The normalized spacial score (nSPS) is 10.0. The molecular weight excluding hydrogens is 210 g/mol. The molecule has 7 nitrogen and oxygen atoms in total. The molecule has 0 unspecified atom stereocenters. The highest BCUT2D eigenvalue weighted by Crippen LogP contribution is 2.08. The summed E-state index contributed by atoms with van der Waals surface area (Å²) in [6.45, 7) is 0.396.